The number of ether oxygens (including phenoxy) is 1. The van der Waals surface area contributed by atoms with Gasteiger partial charge in [-0.05, 0) is 54.0 Å². The molecule has 0 aliphatic heterocycles. The first-order valence-electron chi connectivity index (χ1n) is 9.87. The van der Waals surface area contributed by atoms with E-state index in [-0.39, 0.29) is 5.91 Å². The fourth-order valence-corrected chi connectivity index (χ4v) is 3.10. The van der Waals surface area contributed by atoms with Gasteiger partial charge in [-0.2, -0.15) is 0 Å². The minimum atomic E-state index is -0.109. The first kappa shape index (κ1) is 22.1. The summed E-state index contributed by atoms with van der Waals surface area (Å²) in [7, 11) is 0. The van der Waals surface area contributed by atoms with Gasteiger partial charge in [-0.15, -0.1) is 5.92 Å². The molecule has 0 saturated carbocycles. The van der Waals surface area contributed by atoms with Crippen LogP contribution in [0.15, 0.2) is 79.1 Å². The van der Waals surface area contributed by atoms with E-state index >= 15 is 0 Å². The van der Waals surface area contributed by atoms with E-state index in [4.69, 9.17) is 16.3 Å². The Balaban J connectivity index is 1.75. The zero-order chi connectivity index (χ0) is 21.9. The van der Waals surface area contributed by atoms with Crippen LogP contribution in [0.3, 0.4) is 0 Å². The summed E-state index contributed by atoms with van der Waals surface area (Å²) in [5, 5.41) is 0.605. The molecular formula is C26H23ClN2O2. The fourth-order valence-electron chi connectivity index (χ4n) is 2.90. The maximum absolute atomic E-state index is 13.0. The number of hydrogen-bond donors (Lipinski definition) is 0. The summed E-state index contributed by atoms with van der Waals surface area (Å²) in [6, 6.07) is 18.9. The maximum atomic E-state index is 13.0. The van der Waals surface area contributed by atoms with E-state index in [2.05, 4.69) is 16.8 Å². The molecule has 1 heterocycles. The minimum absolute atomic E-state index is 0.109. The molecule has 156 valence electrons. The average Bonchev–Trinajstić information content (AvgIpc) is 2.80. The van der Waals surface area contributed by atoms with Crippen LogP contribution in [0.2, 0.25) is 5.02 Å². The van der Waals surface area contributed by atoms with Crippen molar-refractivity contribution in [3.8, 4) is 17.6 Å². The number of pyridine rings is 1. The highest BCUT2D eigenvalue weighted by Gasteiger charge is 2.13. The van der Waals surface area contributed by atoms with Gasteiger partial charge in [-0.1, -0.05) is 53.9 Å². The Hall–Kier alpha value is -3.55. The molecule has 0 unspecified atom stereocenters. The lowest BCUT2D eigenvalue weighted by Gasteiger charge is -2.21. The Labute approximate surface area is 188 Å². The number of amides is 1. The molecule has 1 amide bonds. The second-order valence-electron chi connectivity index (χ2n) is 6.77. The predicted octanol–water partition coefficient (Wildman–Crippen LogP) is 5.38. The largest absolute Gasteiger partial charge is 0.481 e. The molecule has 0 bridgehead atoms. The molecule has 0 atom stereocenters. The quantitative estimate of drug-likeness (QED) is 0.356. The van der Waals surface area contributed by atoms with Gasteiger partial charge >= 0.3 is 0 Å². The van der Waals surface area contributed by atoms with Gasteiger partial charge in [0.15, 0.2) is 0 Å². The van der Waals surface area contributed by atoms with Crippen molar-refractivity contribution in [2.24, 2.45) is 0 Å². The van der Waals surface area contributed by atoms with Crippen molar-refractivity contribution < 1.29 is 9.53 Å². The number of aromatic nitrogens is 1. The molecule has 0 radical (unpaired) electrons. The van der Waals surface area contributed by atoms with Gasteiger partial charge < -0.3 is 9.64 Å². The van der Waals surface area contributed by atoms with Crippen molar-refractivity contribution in [1.82, 2.24) is 9.88 Å². The monoisotopic (exact) mass is 430 g/mol. The number of rotatable bonds is 8. The molecule has 0 spiro atoms. The molecule has 4 nitrogen and oxygen atoms in total. The number of halogens is 1. The Kier molecular flexibility index (Phi) is 8.28. The molecule has 3 rings (SSSR count). The number of carbonyl (C=O) groups is 1. The Morgan fingerprint density at radius 2 is 1.84 bits per heavy atom. The van der Waals surface area contributed by atoms with E-state index in [0.29, 0.717) is 24.7 Å². The summed E-state index contributed by atoms with van der Waals surface area (Å²) in [6.07, 6.45) is 6.78. The van der Waals surface area contributed by atoms with Crippen LogP contribution in [-0.2, 0) is 17.9 Å². The van der Waals surface area contributed by atoms with Gasteiger partial charge in [0, 0.05) is 36.6 Å². The number of hydrogen-bond acceptors (Lipinski definition) is 3. The lowest BCUT2D eigenvalue weighted by Crippen LogP contribution is -2.28. The van der Waals surface area contributed by atoms with Gasteiger partial charge in [-0.3, -0.25) is 9.78 Å². The van der Waals surface area contributed by atoms with Gasteiger partial charge in [0.1, 0.15) is 12.4 Å². The molecule has 3 aromatic rings. The van der Waals surface area contributed by atoms with Crippen LogP contribution < -0.4 is 4.74 Å². The molecule has 31 heavy (non-hydrogen) atoms. The molecule has 2 aromatic carbocycles. The second kappa shape index (κ2) is 11.6. The highest BCUT2D eigenvalue weighted by atomic mass is 35.5. The third-order valence-corrected chi connectivity index (χ3v) is 4.85. The standard InChI is InChI=1S/C26H23ClN2O2/c1-2-3-17-31-24-13-10-21(11-14-24)19-29(20-22-7-6-16-28-18-22)26(30)15-12-23-8-4-5-9-25(23)27/h4-16,18H,17,19-20H2,1H3/b15-12+. The molecule has 1 aromatic heterocycles. The summed E-state index contributed by atoms with van der Waals surface area (Å²) in [5.41, 5.74) is 2.76. The molecule has 0 saturated heterocycles. The van der Waals surface area contributed by atoms with Crippen LogP contribution in [0.1, 0.15) is 23.6 Å². The third kappa shape index (κ3) is 7.02. The molecule has 0 N–H and O–H groups in total. The first-order chi connectivity index (χ1) is 15.2. The smallest absolute Gasteiger partial charge is 0.247 e. The Bertz CT molecular complexity index is 1080. The van der Waals surface area contributed by atoms with Crippen molar-refractivity contribution in [2.45, 2.75) is 20.0 Å². The zero-order valence-corrected chi connectivity index (χ0v) is 18.0. The normalized spacial score (nSPS) is 10.4. The molecule has 0 aliphatic carbocycles. The second-order valence-corrected chi connectivity index (χ2v) is 7.18. The average molecular weight is 431 g/mol. The summed E-state index contributed by atoms with van der Waals surface area (Å²) in [6.45, 7) is 3.04. The highest BCUT2D eigenvalue weighted by molar-refractivity contribution is 6.32. The minimum Gasteiger partial charge on any atom is -0.481 e. The summed E-state index contributed by atoms with van der Waals surface area (Å²) >= 11 is 6.20. The highest BCUT2D eigenvalue weighted by Crippen LogP contribution is 2.18. The number of benzene rings is 2. The summed E-state index contributed by atoms with van der Waals surface area (Å²) in [4.78, 5) is 18.9. The molecular weight excluding hydrogens is 408 g/mol. The topological polar surface area (TPSA) is 42.4 Å². The third-order valence-electron chi connectivity index (χ3n) is 4.50. The van der Waals surface area contributed by atoms with Crippen LogP contribution >= 0.6 is 11.6 Å². The van der Waals surface area contributed by atoms with Crippen molar-refractivity contribution in [1.29, 1.82) is 0 Å². The predicted molar refractivity (Wildman–Crippen MR) is 124 cm³/mol. The van der Waals surface area contributed by atoms with Crippen LogP contribution in [0.4, 0.5) is 0 Å². The Morgan fingerprint density at radius 1 is 1.06 bits per heavy atom. The van der Waals surface area contributed by atoms with E-state index in [0.717, 1.165) is 22.4 Å². The van der Waals surface area contributed by atoms with Crippen LogP contribution in [-0.4, -0.2) is 22.4 Å². The first-order valence-corrected chi connectivity index (χ1v) is 10.3. The lowest BCUT2D eigenvalue weighted by atomic mass is 10.1. The zero-order valence-electron chi connectivity index (χ0n) is 17.3. The molecule has 0 fully saturated rings. The summed E-state index contributed by atoms with van der Waals surface area (Å²) in [5.74, 6) is 6.31. The van der Waals surface area contributed by atoms with E-state index < -0.39 is 0 Å². The van der Waals surface area contributed by atoms with Crippen LogP contribution in [0.5, 0.6) is 5.75 Å². The number of carbonyl (C=O) groups excluding carboxylic acids is 1. The lowest BCUT2D eigenvalue weighted by molar-refractivity contribution is -0.127. The molecule has 0 aliphatic rings. The van der Waals surface area contributed by atoms with E-state index in [1.807, 2.05) is 54.6 Å². The van der Waals surface area contributed by atoms with Crippen molar-refractivity contribution in [3.05, 3.63) is 101 Å². The maximum Gasteiger partial charge on any atom is 0.247 e. The van der Waals surface area contributed by atoms with Crippen LogP contribution in [0, 0.1) is 11.8 Å². The van der Waals surface area contributed by atoms with E-state index in [9.17, 15) is 4.79 Å². The number of nitrogens with zero attached hydrogens (tertiary/aromatic N) is 2. The van der Waals surface area contributed by atoms with Crippen LogP contribution in [0.25, 0.3) is 6.08 Å². The van der Waals surface area contributed by atoms with Crippen molar-refractivity contribution >= 4 is 23.6 Å². The van der Waals surface area contributed by atoms with Gasteiger partial charge in [0.2, 0.25) is 5.91 Å². The Morgan fingerprint density at radius 3 is 2.55 bits per heavy atom. The summed E-state index contributed by atoms with van der Waals surface area (Å²) < 4.78 is 5.56. The van der Waals surface area contributed by atoms with Gasteiger partial charge in [0.05, 0.1) is 0 Å². The van der Waals surface area contributed by atoms with E-state index in [1.165, 1.54) is 0 Å². The van der Waals surface area contributed by atoms with Crippen molar-refractivity contribution in [3.63, 3.8) is 0 Å². The SMILES string of the molecule is CC#CCOc1ccc(CN(Cc2cccnc2)C(=O)/C=C/c2ccccc2Cl)cc1. The molecule has 5 heteroatoms. The van der Waals surface area contributed by atoms with Gasteiger partial charge in [0.25, 0.3) is 0 Å². The van der Waals surface area contributed by atoms with Gasteiger partial charge in [-0.25, -0.2) is 0 Å². The van der Waals surface area contributed by atoms with Crippen molar-refractivity contribution in [2.75, 3.05) is 6.61 Å². The van der Waals surface area contributed by atoms with E-state index in [1.54, 1.807) is 42.4 Å². The fraction of sp³-hybridized carbons (Fsp3) is 0.154.